The van der Waals surface area contributed by atoms with Crippen molar-refractivity contribution < 1.29 is 19.0 Å². The van der Waals surface area contributed by atoms with Crippen molar-refractivity contribution in [1.29, 1.82) is 0 Å². The molecule has 2 rings (SSSR count). The third-order valence-electron chi connectivity index (χ3n) is 2.81. The minimum absolute atomic E-state index is 0.0164. The minimum atomic E-state index is -0.961. The molecule has 1 unspecified atom stereocenters. The minimum Gasteiger partial charge on any atom is -0.492 e. The van der Waals surface area contributed by atoms with Crippen molar-refractivity contribution in [2.45, 2.75) is 5.92 Å². The van der Waals surface area contributed by atoms with E-state index >= 15 is 0 Å². The average Bonchev–Trinajstić information content (AvgIpc) is 2.44. The van der Waals surface area contributed by atoms with Crippen LogP contribution < -0.4 is 4.74 Å². The maximum absolute atomic E-state index is 13.1. The maximum atomic E-state index is 13.1. The maximum Gasteiger partial charge on any atom is 0.314 e. The largest absolute Gasteiger partial charge is 0.492 e. The molecule has 20 heavy (non-hydrogen) atoms. The predicted octanol–water partition coefficient (Wildman–Crippen LogP) is 3.84. The van der Waals surface area contributed by atoms with Crippen LogP contribution in [0.15, 0.2) is 53.0 Å². The Morgan fingerprint density at radius 1 is 1.25 bits per heavy atom. The van der Waals surface area contributed by atoms with Crippen molar-refractivity contribution in [3.05, 3.63) is 64.4 Å². The summed E-state index contributed by atoms with van der Waals surface area (Å²) < 4.78 is 18.8. The summed E-state index contributed by atoms with van der Waals surface area (Å²) in [6.45, 7) is -0.0164. The number of rotatable bonds is 5. The number of aliphatic carboxylic acids is 1. The molecule has 0 spiro atoms. The standard InChI is InChI=1S/C15H12BrFO3/c16-13-8-11(6-7-14(13)17)20-9-12(15(18)19)10-4-2-1-3-5-10/h1-8,12H,9H2,(H,18,19). The van der Waals surface area contributed by atoms with Gasteiger partial charge in [0.05, 0.1) is 4.47 Å². The van der Waals surface area contributed by atoms with Gasteiger partial charge in [0.2, 0.25) is 0 Å². The van der Waals surface area contributed by atoms with Gasteiger partial charge in [-0.15, -0.1) is 0 Å². The van der Waals surface area contributed by atoms with E-state index in [9.17, 15) is 14.3 Å². The molecular weight excluding hydrogens is 327 g/mol. The molecule has 2 aromatic carbocycles. The topological polar surface area (TPSA) is 46.5 Å². The van der Waals surface area contributed by atoms with Crippen molar-refractivity contribution in [3.8, 4) is 5.75 Å². The van der Waals surface area contributed by atoms with Gasteiger partial charge in [0.25, 0.3) is 0 Å². The van der Waals surface area contributed by atoms with E-state index in [1.165, 1.54) is 18.2 Å². The van der Waals surface area contributed by atoms with Crippen LogP contribution in [0.25, 0.3) is 0 Å². The Kier molecular flexibility index (Phi) is 4.74. The molecule has 0 aliphatic rings. The van der Waals surface area contributed by atoms with E-state index in [2.05, 4.69) is 15.9 Å². The van der Waals surface area contributed by atoms with Crippen LogP contribution in [0.3, 0.4) is 0 Å². The summed E-state index contributed by atoms with van der Waals surface area (Å²) in [5.74, 6) is -1.70. The van der Waals surface area contributed by atoms with Gasteiger partial charge in [0, 0.05) is 0 Å². The molecule has 0 aliphatic carbocycles. The molecule has 1 atom stereocenters. The molecule has 0 aliphatic heterocycles. The van der Waals surface area contributed by atoms with Gasteiger partial charge >= 0.3 is 5.97 Å². The first-order valence-corrected chi connectivity index (χ1v) is 6.73. The smallest absolute Gasteiger partial charge is 0.314 e. The number of hydrogen-bond acceptors (Lipinski definition) is 2. The Labute approximate surface area is 124 Å². The zero-order chi connectivity index (χ0) is 14.5. The summed E-state index contributed by atoms with van der Waals surface area (Å²) >= 11 is 3.06. The highest BCUT2D eigenvalue weighted by atomic mass is 79.9. The third-order valence-corrected chi connectivity index (χ3v) is 3.42. The fourth-order valence-electron chi connectivity index (χ4n) is 1.74. The Morgan fingerprint density at radius 3 is 2.55 bits per heavy atom. The van der Waals surface area contributed by atoms with Crippen molar-refractivity contribution in [1.82, 2.24) is 0 Å². The summed E-state index contributed by atoms with van der Waals surface area (Å²) in [5, 5.41) is 9.25. The number of carbonyl (C=O) groups is 1. The van der Waals surface area contributed by atoms with E-state index in [0.29, 0.717) is 11.3 Å². The zero-order valence-electron chi connectivity index (χ0n) is 10.4. The van der Waals surface area contributed by atoms with Crippen LogP contribution in [-0.2, 0) is 4.79 Å². The van der Waals surface area contributed by atoms with E-state index in [-0.39, 0.29) is 11.1 Å². The average molecular weight is 339 g/mol. The van der Waals surface area contributed by atoms with Crippen LogP contribution in [0, 0.1) is 5.82 Å². The molecule has 0 amide bonds. The lowest BCUT2D eigenvalue weighted by Crippen LogP contribution is -2.19. The molecule has 0 bridgehead atoms. The monoisotopic (exact) mass is 338 g/mol. The van der Waals surface area contributed by atoms with E-state index in [1.54, 1.807) is 24.3 Å². The first-order chi connectivity index (χ1) is 9.58. The van der Waals surface area contributed by atoms with Crippen molar-refractivity contribution in [2.75, 3.05) is 6.61 Å². The summed E-state index contributed by atoms with van der Waals surface area (Å²) in [7, 11) is 0. The van der Waals surface area contributed by atoms with E-state index in [1.807, 2.05) is 6.07 Å². The number of ether oxygens (including phenoxy) is 1. The fraction of sp³-hybridized carbons (Fsp3) is 0.133. The van der Waals surface area contributed by atoms with Crippen LogP contribution in [-0.4, -0.2) is 17.7 Å². The third kappa shape index (κ3) is 3.57. The first kappa shape index (κ1) is 14.5. The SMILES string of the molecule is O=C(O)C(COc1ccc(F)c(Br)c1)c1ccccc1. The molecule has 0 saturated carbocycles. The second-order valence-electron chi connectivity index (χ2n) is 4.19. The highest BCUT2D eigenvalue weighted by molar-refractivity contribution is 9.10. The highest BCUT2D eigenvalue weighted by Gasteiger charge is 2.20. The number of hydrogen-bond donors (Lipinski definition) is 1. The molecule has 5 heteroatoms. The Hall–Kier alpha value is -1.88. The van der Waals surface area contributed by atoms with Gasteiger partial charge in [-0.2, -0.15) is 0 Å². The molecule has 0 fully saturated rings. The van der Waals surface area contributed by atoms with Crippen molar-refractivity contribution >= 4 is 21.9 Å². The Balaban J connectivity index is 2.10. The molecular formula is C15H12BrFO3. The Morgan fingerprint density at radius 2 is 1.95 bits per heavy atom. The van der Waals surface area contributed by atoms with Gasteiger partial charge in [-0.05, 0) is 39.7 Å². The second-order valence-corrected chi connectivity index (χ2v) is 5.04. The molecule has 0 heterocycles. The number of halogens is 2. The van der Waals surface area contributed by atoms with Crippen LogP contribution in [0.2, 0.25) is 0 Å². The van der Waals surface area contributed by atoms with Crippen molar-refractivity contribution in [2.24, 2.45) is 0 Å². The van der Waals surface area contributed by atoms with Gasteiger partial charge in [0.1, 0.15) is 24.1 Å². The van der Waals surface area contributed by atoms with Gasteiger partial charge in [-0.25, -0.2) is 4.39 Å². The summed E-state index contributed by atoms with van der Waals surface area (Å²) in [6, 6.07) is 13.0. The van der Waals surface area contributed by atoms with Crippen molar-refractivity contribution in [3.63, 3.8) is 0 Å². The van der Waals surface area contributed by atoms with Gasteiger partial charge in [0.15, 0.2) is 0 Å². The van der Waals surface area contributed by atoms with Crippen LogP contribution in [0.1, 0.15) is 11.5 Å². The quantitative estimate of drug-likeness (QED) is 0.900. The van der Waals surface area contributed by atoms with E-state index in [4.69, 9.17) is 4.74 Å². The summed E-state index contributed by atoms with van der Waals surface area (Å²) in [6.07, 6.45) is 0. The van der Waals surface area contributed by atoms with Gasteiger partial charge in [-0.3, -0.25) is 4.79 Å². The number of carboxylic acids is 1. The number of carboxylic acid groups (broad SMARTS) is 1. The van der Waals surface area contributed by atoms with Crippen LogP contribution >= 0.6 is 15.9 Å². The molecule has 0 aromatic heterocycles. The van der Waals surface area contributed by atoms with Gasteiger partial charge in [-0.1, -0.05) is 30.3 Å². The van der Waals surface area contributed by atoms with E-state index in [0.717, 1.165) is 0 Å². The Bertz CT molecular complexity index is 601. The lowest BCUT2D eigenvalue weighted by molar-refractivity contribution is -0.139. The molecule has 2 aromatic rings. The first-order valence-electron chi connectivity index (χ1n) is 5.93. The number of benzene rings is 2. The molecule has 3 nitrogen and oxygen atoms in total. The highest BCUT2D eigenvalue weighted by Crippen LogP contribution is 2.23. The lowest BCUT2D eigenvalue weighted by Gasteiger charge is -2.14. The molecule has 104 valence electrons. The van der Waals surface area contributed by atoms with Crippen LogP contribution in [0.4, 0.5) is 4.39 Å². The fourth-order valence-corrected chi connectivity index (χ4v) is 2.10. The van der Waals surface area contributed by atoms with Gasteiger partial charge < -0.3 is 9.84 Å². The normalized spacial score (nSPS) is 11.9. The van der Waals surface area contributed by atoms with Crippen LogP contribution in [0.5, 0.6) is 5.75 Å². The lowest BCUT2D eigenvalue weighted by atomic mass is 10.0. The summed E-state index contributed by atoms with van der Waals surface area (Å²) in [5.41, 5.74) is 0.668. The molecule has 1 N–H and O–H groups in total. The van der Waals surface area contributed by atoms with E-state index < -0.39 is 17.7 Å². The molecule has 0 saturated heterocycles. The molecule has 0 radical (unpaired) electrons. The predicted molar refractivity (Wildman–Crippen MR) is 76.4 cm³/mol. The summed E-state index contributed by atoms with van der Waals surface area (Å²) in [4.78, 5) is 11.3. The zero-order valence-corrected chi connectivity index (χ0v) is 12.0. The second kappa shape index (κ2) is 6.52.